The number of ether oxygens (including phenoxy) is 2. The standard InChI is InChI=1S/C25H32BrN5O3/c1-33-24-14-19(18-32)21(16-22(24)26)23-17-31-3-2-20(15-25(31)27-23)30-8-6-28(7-9-30)4-5-29-10-12-34-13-11-29/h2-3,14-17,32H,4-13,18H2,1H3. The average Bonchev–Trinajstić information content (AvgIpc) is 3.31. The van der Waals surface area contributed by atoms with Gasteiger partial charge in [0.15, 0.2) is 0 Å². The molecule has 1 N–H and O–H groups in total. The molecule has 0 saturated carbocycles. The third kappa shape index (κ3) is 5.08. The molecule has 9 heteroatoms. The Bertz CT molecular complexity index is 1120. The second kappa shape index (κ2) is 10.6. The second-order valence-electron chi connectivity index (χ2n) is 8.86. The van der Waals surface area contributed by atoms with E-state index in [0.717, 1.165) is 92.5 Å². The fourth-order valence-electron chi connectivity index (χ4n) is 4.76. The predicted octanol–water partition coefficient (Wildman–Crippen LogP) is 2.72. The van der Waals surface area contributed by atoms with E-state index >= 15 is 0 Å². The molecule has 182 valence electrons. The largest absolute Gasteiger partial charge is 0.496 e. The summed E-state index contributed by atoms with van der Waals surface area (Å²) < 4.78 is 13.7. The lowest BCUT2D eigenvalue weighted by Gasteiger charge is -2.37. The highest BCUT2D eigenvalue weighted by atomic mass is 79.9. The van der Waals surface area contributed by atoms with Crippen LogP contribution in [0.2, 0.25) is 0 Å². The van der Waals surface area contributed by atoms with Crippen LogP contribution in [-0.2, 0) is 11.3 Å². The zero-order valence-corrected chi connectivity index (χ0v) is 21.2. The van der Waals surface area contributed by atoms with E-state index in [4.69, 9.17) is 14.5 Å². The van der Waals surface area contributed by atoms with Gasteiger partial charge in [-0.3, -0.25) is 9.80 Å². The minimum absolute atomic E-state index is 0.0755. The van der Waals surface area contributed by atoms with E-state index in [1.165, 1.54) is 5.69 Å². The van der Waals surface area contributed by atoms with Crippen LogP contribution < -0.4 is 9.64 Å². The summed E-state index contributed by atoms with van der Waals surface area (Å²) >= 11 is 3.55. The van der Waals surface area contributed by atoms with Crippen LogP contribution in [0.1, 0.15) is 5.56 Å². The number of methoxy groups -OCH3 is 1. The van der Waals surface area contributed by atoms with Crippen LogP contribution in [0.25, 0.3) is 16.9 Å². The highest BCUT2D eigenvalue weighted by molar-refractivity contribution is 9.10. The molecule has 1 aromatic carbocycles. The zero-order chi connectivity index (χ0) is 23.5. The first-order valence-electron chi connectivity index (χ1n) is 11.9. The molecule has 2 aliphatic rings. The molecule has 0 aliphatic carbocycles. The Kier molecular flexibility index (Phi) is 7.36. The van der Waals surface area contributed by atoms with E-state index < -0.39 is 0 Å². The summed E-state index contributed by atoms with van der Waals surface area (Å²) in [5.74, 6) is 0.697. The minimum atomic E-state index is -0.0755. The number of benzene rings is 1. The minimum Gasteiger partial charge on any atom is -0.496 e. The summed E-state index contributed by atoms with van der Waals surface area (Å²) in [5.41, 5.74) is 4.62. The fraction of sp³-hybridized carbons (Fsp3) is 0.480. The predicted molar refractivity (Wildman–Crippen MR) is 137 cm³/mol. The highest BCUT2D eigenvalue weighted by Crippen LogP contribution is 2.34. The number of imidazole rings is 1. The Morgan fingerprint density at radius 2 is 1.76 bits per heavy atom. The Balaban J connectivity index is 1.26. The molecule has 0 unspecified atom stereocenters. The smallest absolute Gasteiger partial charge is 0.139 e. The average molecular weight is 530 g/mol. The maximum atomic E-state index is 9.89. The van der Waals surface area contributed by atoms with Crippen molar-refractivity contribution in [2.24, 2.45) is 0 Å². The van der Waals surface area contributed by atoms with Crippen LogP contribution in [0.3, 0.4) is 0 Å². The van der Waals surface area contributed by atoms with Gasteiger partial charge in [-0.1, -0.05) is 0 Å². The molecule has 2 fully saturated rings. The number of fused-ring (bicyclic) bond motifs is 1. The van der Waals surface area contributed by atoms with E-state index in [0.29, 0.717) is 5.75 Å². The van der Waals surface area contributed by atoms with E-state index in [1.807, 2.05) is 22.7 Å². The van der Waals surface area contributed by atoms with Gasteiger partial charge in [0.25, 0.3) is 0 Å². The number of anilines is 1. The van der Waals surface area contributed by atoms with Crippen LogP contribution in [0.5, 0.6) is 5.75 Å². The van der Waals surface area contributed by atoms with Crippen molar-refractivity contribution in [2.45, 2.75) is 6.61 Å². The summed E-state index contributed by atoms with van der Waals surface area (Å²) in [5, 5.41) is 9.89. The van der Waals surface area contributed by atoms with Crippen molar-refractivity contribution in [3.8, 4) is 17.0 Å². The molecule has 5 rings (SSSR count). The normalized spacial score (nSPS) is 18.0. The van der Waals surface area contributed by atoms with Crippen LogP contribution in [0, 0.1) is 0 Å². The number of aliphatic hydroxyl groups excluding tert-OH is 1. The van der Waals surface area contributed by atoms with Gasteiger partial charge in [0.05, 0.1) is 37.1 Å². The van der Waals surface area contributed by atoms with Crippen molar-refractivity contribution in [1.29, 1.82) is 0 Å². The Morgan fingerprint density at radius 3 is 2.47 bits per heavy atom. The number of hydrogen-bond acceptors (Lipinski definition) is 7. The van der Waals surface area contributed by atoms with Crippen molar-refractivity contribution >= 4 is 27.3 Å². The molecule has 0 radical (unpaired) electrons. The molecule has 0 bridgehead atoms. The van der Waals surface area contributed by atoms with E-state index in [2.05, 4.69) is 49.0 Å². The first-order chi connectivity index (χ1) is 16.6. The van der Waals surface area contributed by atoms with Crippen LogP contribution in [0.15, 0.2) is 41.1 Å². The number of pyridine rings is 1. The molecule has 2 aromatic heterocycles. The number of halogens is 1. The molecule has 2 saturated heterocycles. The number of rotatable bonds is 7. The van der Waals surface area contributed by atoms with Gasteiger partial charge < -0.3 is 23.9 Å². The molecule has 2 aliphatic heterocycles. The third-order valence-corrected chi connectivity index (χ3v) is 7.46. The van der Waals surface area contributed by atoms with E-state index in [9.17, 15) is 5.11 Å². The molecule has 34 heavy (non-hydrogen) atoms. The topological polar surface area (TPSA) is 65.7 Å². The Labute approximate surface area is 208 Å². The number of piperazine rings is 1. The lowest BCUT2D eigenvalue weighted by molar-refractivity contribution is 0.0331. The molecular weight excluding hydrogens is 498 g/mol. The monoisotopic (exact) mass is 529 g/mol. The van der Waals surface area contributed by atoms with Gasteiger partial charge in [0.1, 0.15) is 11.4 Å². The Morgan fingerprint density at radius 1 is 1.03 bits per heavy atom. The molecule has 4 heterocycles. The zero-order valence-electron chi connectivity index (χ0n) is 19.6. The van der Waals surface area contributed by atoms with Crippen molar-refractivity contribution in [3.63, 3.8) is 0 Å². The number of nitrogens with zero attached hydrogens (tertiary/aromatic N) is 5. The van der Waals surface area contributed by atoms with Crippen molar-refractivity contribution < 1.29 is 14.6 Å². The van der Waals surface area contributed by atoms with Gasteiger partial charge in [-0.05, 0) is 39.7 Å². The molecule has 0 amide bonds. The first-order valence-corrected chi connectivity index (χ1v) is 12.7. The number of hydrogen-bond donors (Lipinski definition) is 1. The molecule has 3 aromatic rings. The second-order valence-corrected chi connectivity index (χ2v) is 9.72. The van der Waals surface area contributed by atoms with E-state index in [-0.39, 0.29) is 6.61 Å². The van der Waals surface area contributed by atoms with Crippen molar-refractivity contribution in [1.82, 2.24) is 19.2 Å². The Hall–Kier alpha value is -2.17. The molecule has 8 nitrogen and oxygen atoms in total. The van der Waals surface area contributed by atoms with Gasteiger partial charge in [-0.2, -0.15) is 0 Å². The lowest BCUT2D eigenvalue weighted by atomic mass is 10.1. The first kappa shape index (κ1) is 23.6. The van der Waals surface area contributed by atoms with Gasteiger partial charge in [-0.15, -0.1) is 0 Å². The number of aromatic nitrogens is 2. The molecular formula is C25H32BrN5O3. The summed E-state index contributed by atoms with van der Waals surface area (Å²) in [6.45, 7) is 10.2. The quantitative estimate of drug-likeness (QED) is 0.504. The van der Waals surface area contributed by atoms with Crippen LogP contribution in [0.4, 0.5) is 5.69 Å². The maximum Gasteiger partial charge on any atom is 0.139 e. The molecule has 0 atom stereocenters. The number of aliphatic hydroxyl groups is 1. The number of morpholine rings is 1. The molecule has 0 spiro atoms. The third-order valence-electron chi connectivity index (χ3n) is 6.84. The maximum absolute atomic E-state index is 9.89. The van der Waals surface area contributed by atoms with Gasteiger partial charge in [-0.25, -0.2) is 4.98 Å². The van der Waals surface area contributed by atoms with Gasteiger partial charge in [0.2, 0.25) is 0 Å². The SMILES string of the molecule is COc1cc(CO)c(-c2cn3ccc(N4CCN(CCN5CCOCC5)CC4)cc3n2)cc1Br. The summed E-state index contributed by atoms with van der Waals surface area (Å²) in [4.78, 5) is 12.4. The van der Waals surface area contributed by atoms with Crippen LogP contribution in [-0.4, -0.2) is 97.0 Å². The van der Waals surface area contributed by atoms with Crippen molar-refractivity contribution in [3.05, 3.63) is 46.7 Å². The lowest BCUT2D eigenvalue weighted by Crippen LogP contribution is -2.49. The van der Waals surface area contributed by atoms with Crippen molar-refractivity contribution in [2.75, 3.05) is 77.6 Å². The van der Waals surface area contributed by atoms with Crippen LogP contribution >= 0.6 is 15.9 Å². The summed E-state index contributed by atoms with van der Waals surface area (Å²) in [7, 11) is 1.62. The highest BCUT2D eigenvalue weighted by Gasteiger charge is 2.20. The fourth-order valence-corrected chi connectivity index (χ4v) is 5.26. The van der Waals surface area contributed by atoms with Gasteiger partial charge >= 0.3 is 0 Å². The summed E-state index contributed by atoms with van der Waals surface area (Å²) in [6.07, 6.45) is 4.08. The van der Waals surface area contributed by atoms with E-state index in [1.54, 1.807) is 7.11 Å². The van der Waals surface area contributed by atoms with Gasteiger partial charge in [0, 0.05) is 82.1 Å². The summed E-state index contributed by atoms with van der Waals surface area (Å²) in [6, 6.07) is 8.14.